The highest BCUT2D eigenvalue weighted by Gasteiger charge is 2.40. The van der Waals surface area contributed by atoms with Crippen molar-refractivity contribution in [3.05, 3.63) is 46.9 Å². The number of nitrogens with one attached hydrogen (secondary N) is 1. The van der Waals surface area contributed by atoms with E-state index in [0.29, 0.717) is 17.2 Å². The van der Waals surface area contributed by atoms with Gasteiger partial charge in [0.1, 0.15) is 5.84 Å². The second-order valence-electron chi connectivity index (χ2n) is 6.60. The normalized spacial score (nSPS) is 21.1. The monoisotopic (exact) mass is 361 g/mol. The van der Waals surface area contributed by atoms with Crippen LogP contribution in [-0.4, -0.2) is 38.5 Å². The minimum absolute atomic E-state index is 0.179. The second-order valence-corrected chi connectivity index (χ2v) is 6.60. The summed E-state index contributed by atoms with van der Waals surface area (Å²) in [7, 11) is 0. The largest absolute Gasteiger partial charge is 0.281 e. The predicted molar refractivity (Wildman–Crippen MR) is 103 cm³/mol. The first-order valence-electron chi connectivity index (χ1n) is 8.58. The number of benzene rings is 1. The first-order valence-corrected chi connectivity index (χ1v) is 8.58. The number of hydrogen-bond acceptors (Lipinski definition) is 7. The van der Waals surface area contributed by atoms with E-state index in [1.54, 1.807) is 16.6 Å². The van der Waals surface area contributed by atoms with Gasteiger partial charge >= 0.3 is 0 Å². The van der Waals surface area contributed by atoms with Crippen LogP contribution in [0.3, 0.4) is 0 Å². The van der Waals surface area contributed by atoms with Crippen LogP contribution >= 0.6 is 0 Å². The van der Waals surface area contributed by atoms with Crippen molar-refractivity contribution < 1.29 is 0 Å². The Morgan fingerprint density at radius 3 is 2.59 bits per heavy atom. The molecular formula is C18H19N9. The zero-order valence-corrected chi connectivity index (χ0v) is 15.5. The van der Waals surface area contributed by atoms with E-state index in [9.17, 15) is 0 Å². The van der Waals surface area contributed by atoms with E-state index in [-0.39, 0.29) is 12.2 Å². The number of nitrogens with zero attached hydrogens (tertiary/aromatic N) is 8. The van der Waals surface area contributed by atoms with E-state index in [1.807, 2.05) is 45.0 Å². The van der Waals surface area contributed by atoms with Crippen LogP contribution in [0.1, 0.15) is 25.1 Å². The molecule has 136 valence electrons. The van der Waals surface area contributed by atoms with Crippen LogP contribution in [0.5, 0.6) is 0 Å². The standard InChI is InChI=1S/C18H19N9/c1-10-6-8-14(9-7-10)27-17(15(19-5)11(2)25-27)23-21-16-12(3)24-26-13(4)20-22-18(16)26/h6-9,16,18,22H,1-4H3. The highest BCUT2D eigenvalue weighted by atomic mass is 15.7. The molecule has 0 aliphatic carbocycles. The molecule has 9 nitrogen and oxygen atoms in total. The smallest absolute Gasteiger partial charge is 0.255 e. The van der Waals surface area contributed by atoms with Gasteiger partial charge in [0.05, 0.1) is 23.7 Å². The summed E-state index contributed by atoms with van der Waals surface area (Å²) in [5, 5.41) is 23.9. The van der Waals surface area contributed by atoms with Gasteiger partial charge in [-0.3, -0.25) is 5.43 Å². The van der Waals surface area contributed by atoms with Crippen molar-refractivity contribution in [1.82, 2.24) is 20.2 Å². The Labute approximate surface area is 156 Å². The van der Waals surface area contributed by atoms with E-state index in [2.05, 4.69) is 35.8 Å². The summed E-state index contributed by atoms with van der Waals surface area (Å²) < 4.78 is 1.66. The minimum Gasteiger partial charge on any atom is -0.281 e. The van der Waals surface area contributed by atoms with Gasteiger partial charge in [0.2, 0.25) is 0 Å². The van der Waals surface area contributed by atoms with Gasteiger partial charge in [-0.05, 0) is 39.8 Å². The molecule has 2 unspecified atom stereocenters. The molecule has 4 rings (SSSR count). The van der Waals surface area contributed by atoms with Crippen molar-refractivity contribution >= 4 is 23.1 Å². The summed E-state index contributed by atoms with van der Waals surface area (Å²) >= 11 is 0. The van der Waals surface area contributed by atoms with Gasteiger partial charge < -0.3 is 0 Å². The molecule has 1 N–H and O–H groups in total. The summed E-state index contributed by atoms with van der Waals surface area (Å²) in [6.07, 6.45) is -0.179. The summed E-state index contributed by atoms with van der Waals surface area (Å²) in [6, 6.07) is 7.62. The molecule has 0 fully saturated rings. The van der Waals surface area contributed by atoms with Crippen LogP contribution in [0.25, 0.3) is 10.5 Å². The third kappa shape index (κ3) is 2.75. The van der Waals surface area contributed by atoms with Crippen LogP contribution in [0.15, 0.2) is 44.7 Å². The van der Waals surface area contributed by atoms with Gasteiger partial charge in [-0.25, -0.2) is 14.5 Å². The molecule has 27 heavy (non-hydrogen) atoms. The molecule has 9 heteroatoms. The second kappa shape index (κ2) is 6.32. The Hall–Kier alpha value is -3.54. The molecule has 2 aliphatic heterocycles. The number of hydrogen-bond donors (Lipinski definition) is 1. The Bertz CT molecular complexity index is 1020. The lowest BCUT2D eigenvalue weighted by atomic mass is 10.2. The summed E-state index contributed by atoms with van der Waals surface area (Å²) in [4.78, 5) is 3.61. The molecule has 0 radical (unpaired) electrons. The van der Waals surface area contributed by atoms with E-state index >= 15 is 0 Å². The van der Waals surface area contributed by atoms with Crippen molar-refractivity contribution in [2.24, 2.45) is 20.4 Å². The van der Waals surface area contributed by atoms with Crippen molar-refractivity contribution in [3.63, 3.8) is 0 Å². The van der Waals surface area contributed by atoms with Crippen LogP contribution in [0.4, 0.5) is 11.5 Å². The van der Waals surface area contributed by atoms with Crippen molar-refractivity contribution in [1.29, 1.82) is 0 Å². The van der Waals surface area contributed by atoms with Gasteiger partial charge in [-0.1, -0.05) is 17.7 Å². The minimum atomic E-state index is -0.286. The number of hydrazone groups is 2. The lowest BCUT2D eigenvalue weighted by Crippen LogP contribution is -2.40. The fraction of sp³-hybridized carbons (Fsp3) is 0.333. The van der Waals surface area contributed by atoms with E-state index in [4.69, 9.17) is 6.57 Å². The van der Waals surface area contributed by atoms with Crippen LogP contribution in [0, 0.1) is 20.4 Å². The number of aromatic nitrogens is 2. The first-order chi connectivity index (χ1) is 13.0. The van der Waals surface area contributed by atoms with Crippen molar-refractivity contribution in [2.75, 3.05) is 0 Å². The van der Waals surface area contributed by atoms with Crippen molar-refractivity contribution in [3.8, 4) is 5.69 Å². The lowest BCUT2D eigenvalue weighted by Gasteiger charge is -2.16. The number of azo groups is 1. The molecule has 1 aromatic heterocycles. The van der Waals surface area contributed by atoms with Gasteiger partial charge in [0.15, 0.2) is 18.0 Å². The molecule has 1 aromatic carbocycles. The topological polar surface area (TPSA) is 86.9 Å². The van der Waals surface area contributed by atoms with E-state index < -0.39 is 0 Å². The molecule has 0 amide bonds. The maximum absolute atomic E-state index is 7.51. The van der Waals surface area contributed by atoms with Gasteiger partial charge in [-0.15, -0.1) is 5.11 Å². The van der Waals surface area contributed by atoms with Gasteiger partial charge in [0.25, 0.3) is 5.69 Å². The van der Waals surface area contributed by atoms with E-state index in [1.165, 1.54) is 0 Å². The molecule has 0 spiro atoms. The van der Waals surface area contributed by atoms with Crippen LogP contribution in [0.2, 0.25) is 0 Å². The van der Waals surface area contributed by atoms with Crippen molar-refractivity contribution in [2.45, 2.75) is 39.9 Å². The molecule has 0 saturated heterocycles. The quantitative estimate of drug-likeness (QED) is 0.671. The third-order valence-electron chi connectivity index (χ3n) is 4.62. The maximum atomic E-state index is 7.51. The average molecular weight is 361 g/mol. The molecule has 0 bridgehead atoms. The van der Waals surface area contributed by atoms with Gasteiger partial charge in [-0.2, -0.15) is 20.4 Å². The highest BCUT2D eigenvalue weighted by Crippen LogP contribution is 2.35. The molecule has 2 aromatic rings. The van der Waals surface area contributed by atoms with Crippen LogP contribution in [-0.2, 0) is 0 Å². The number of amidine groups is 1. The summed E-state index contributed by atoms with van der Waals surface area (Å²) in [5.41, 5.74) is 6.88. The third-order valence-corrected chi connectivity index (χ3v) is 4.62. The van der Waals surface area contributed by atoms with E-state index in [0.717, 1.165) is 22.8 Å². The molecular weight excluding hydrogens is 342 g/mol. The molecule has 2 atom stereocenters. The average Bonchev–Trinajstić information content (AvgIpc) is 3.27. The Kier molecular flexibility index (Phi) is 3.96. The predicted octanol–water partition coefficient (Wildman–Crippen LogP) is 3.45. The Balaban J connectivity index is 1.72. The summed E-state index contributed by atoms with van der Waals surface area (Å²) in [5.74, 6) is 1.22. The molecule has 0 saturated carbocycles. The zero-order valence-electron chi connectivity index (χ0n) is 15.5. The fourth-order valence-electron chi connectivity index (χ4n) is 3.12. The lowest BCUT2D eigenvalue weighted by molar-refractivity contribution is 0.325. The zero-order chi connectivity index (χ0) is 19.1. The molecule has 3 heterocycles. The summed E-state index contributed by atoms with van der Waals surface area (Å²) in [6.45, 7) is 15.1. The number of rotatable bonds is 3. The van der Waals surface area contributed by atoms with Crippen LogP contribution < -0.4 is 5.43 Å². The number of aryl methyl sites for hydroxylation is 2. The fourth-order valence-corrected chi connectivity index (χ4v) is 3.12. The SMILES string of the molecule is [C-]#[N+]c1c(C)nn(-c2ccc(C)cc2)c1N=NC1C(C)=NN2C(C)=NNC12. The maximum Gasteiger partial charge on any atom is 0.255 e. The number of fused-ring (bicyclic) bond motifs is 1. The molecule has 2 aliphatic rings. The Morgan fingerprint density at radius 1 is 1.15 bits per heavy atom. The first kappa shape index (κ1) is 16.9. The van der Waals surface area contributed by atoms with Gasteiger partial charge in [0, 0.05) is 0 Å². The highest BCUT2D eigenvalue weighted by molar-refractivity contribution is 5.94. The Morgan fingerprint density at radius 2 is 1.89 bits per heavy atom.